The van der Waals surface area contributed by atoms with Gasteiger partial charge in [-0.1, -0.05) is 12.1 Å². The summed E-state index contributed by atoms with van der Waals surface area (Å²) in [5.41, 5.74) is 0.337. The van der Waals surface area contributed by atoms with Crippen LogP contribution < -0.4 is 21.5 Å². The lowest BCUT2D eigenvalue weighted by atomic mass is 9.89. The van der Waals surface area contributed by atoms with Gasteiger partial charge < -0.3 is 21.1 Å². The van der Waals surface area contributed by atoms with Crippen molar-refractivity contribution in [1.82, 2.24) is 24.5 Å². The van der Waals surface area contributed by atoms with Crippen molar-refractivity contribution in [2.45, 2.75) is 25.0 Å². The summed E-state index contributed by atoms with van der Waals surface area (Å²) in [6, 6.07) is 10.5. The molecule has 4 N–H and O–H groups in total. The van der Waals surface area contributed by atoms with Crippen LogP contribution in [0.25, 0.3) is 11.3 Å². The molecule has 174 valence electrons. The number of rotatable bonds is 6. The highest BCUT2D eigenvalue weighted by Crippen LogP contribution is 2.23. The summed E-state index contributed by atoms with van der Waals surface area (Å²) in [7, 11) is 1.69. The molecule has 0 bridgehead atoms. The fraction of sp³-hybridized carbons (Fsp3) is 0.217. The number of aromatic nitrogens is 4. The Balaban J connectivity index is 1.51. The van der Waals surface area contributed by atoms with Crippen LogP contribution in [-0.4, -0.2) is 49.4 Å². The molecule has 1 aliphatic rings. The first-order chi connectivity index (χ1) is 16.5. The molecule has 1 amide bonds. The Bertz CT molecular complexity index is 1450. The number of aliphatic hydroxyl groups excluding tert-OH is 1. The second-order valence-electron chi connectivity index (χ2n) is 7.97. The largest absolute Gasteiger partial charge is 0.391 e. The number of carbonyl (C=O) groups excluding carboxylic acids is 1. The van der Waals surface area contributed by atoms with Gasteiger partial charge in [0, 0.05) is 19.3 Å². The molecule has 1 aromatic carbocycles. The Morgan fingerprint density at radius 1 is 1.21 bits per heavy atom. The molecular weight excluding hydrogens is 441 g/mol. The predicted molar refractivity (Wildman–Crippen MR) is 124 cm³/mol. The van der Waals surface area contributed by atoms with Crippen molar-refractivity contribution in [3.05, 3.63) is 76.6 Å². The third kappa shape index (κ3) is 3.75. The van der Waals surface area contributed by atoms with Crippen LogP contribution in [0.15, 0.2) is 59.7 Å². The zero-order valence-corrected chi connectivity index (χ0v) is 18.2. The maximum atomic E-state index is 14.3. The third-order valence-electron chi connectivity index (χ3n) is 5.85. The normalized spacial score (nSPS) is 17.3. The molecule has 34 heavy (non-hydrogen) atoms. The molecule has 1 fully saturated rings. The van der Waals surface area contributed by atoms with Gasteiger partial charge in [-0.2, -0.15) is 9.61 Å². The molecule has 1 aliphatic carbocycles. The number of pyridine rings is 1. The maximum absolute atomic E-state index is 14.3. The molecule has 3 heterocycles. The zero-order valence-electron chi connectivity index (χ0n) is 18.2. The first-order valence-electron chi connectivity index (χ1n) is 10.8. The number of para-hydroxylation sites is 1. The Morgan fingerprint density at radius 2 is 2.03 bits per heavy atom. The standard InChI is InChI=1S/C23H22FN7O3/c1-25-20-11-19(27-16-6-4-10-30(23(16)34)17-7-3-2-5-14(17)24)29-21-13(12-26-31(20)21)22(33)28-15-8-9-18(15)32/h2-7,10-12,15,18,25,32H,8-9H2,1H3,(H,27,29)(H,28,33)/t15-,18-/m1/s1. The van der Waals surface area contributed by atoms with E-state index in [1.165, 1.54) is 33.6 Å². The van der Waals surface area contributed by atoms with Crippen molar-refractivity contribution >= 4 is 28.9 Å². The van der Waals surface area contributed by atoms with Crippen molar-refractivity contribution < 1.29 is 14.3 Å². The Hall–Kier alpha value is -4.25. The average Bonchev–Trinajstić information content (AvgIpc) is 3.27. The van der Waals surface area contributed by atoms with E-state index < -0.39 is 23.4 Å². The lowest BCUT2D eigenvalue weighted by Gasteiger charge is -2.32. The minimum atomic E-state index is -0.557. The molecule has 0 unspecified atom stereocenters. The molecule has 5 rings (SSSR count). The van der Waals surface area contributed by atoms with Crippen molar-refractivity contribution in [2.75, 3.05) is 17.7 Å². The van der Waals surface area contributed by atoms with Gasteiger partial charge in [0.1, 0.15) is 28.7 Å². The van der Waals surface area contributed by atoms with Crippen molar-refractivity contribution in [3.8, 4) is 5.69 Å². The lowest BCUT2D eigenvalue weighted by Crippen LogP contribution is -2.50. The van der Waals surface area contributed by atoms with E-state index in [9.17, 15) is 19.1 Å². The van der Waals surface area contributed by atoms with E-state index in [4.69, 9.17) is 0 Å². The minimum Gasteiger partial charge on any atom is -0.391 e. The van der Waals surface area contributed by atoms with Crippen LogP contribution in [0.5, 0.6) is 0 Å². The predicted octanol–water partition coefficient (Wildman–Crippen LogP) is 2.06. The average molecular weight is 463 g/mol. The number of hydrogen-bond acceptors (Lipinski definition) is 7. The molecule has 0 spiro atoms. The van der Waals surface area contributed by atoms with Gasteiger partial charge in [0.15, 0.2) is 5.65 Å². The molecule has 11 heteroatoms. The number of hydrogen-bond donors (Lipinski definition) is 4. The van der Waals surface area contributed by atoms with Gasteiger partial charge in [0.2, 0.25) is 0 Å². The summed E-state index contributed by atoms with van der Waals surface area (Å²) in [6.45, 7) is 0. The van der Waals surface area contributed by atoms with Crippen LogP contribution in [0.3, 0.4) is 0 Å². The number of nitrogens with zero attached hydrogens (tertiary/aromatic N) is 4. The Kier molecular flexibility index (Phi) is 5.46. The first kappa shape index (κ1) is 21.6. The molecule has 2 atom stereocenters. The second-order valence-corrected chi connectivity index (χ2v) is 7.97. The van der Waals surface area contributed by atoms with E-state index in [1.54, 1.807) is 37.4 Å². The number of aliphatic hydroxyl groups is 1. The van der Waals surface area contributed by atoms with E-state index in [-0.39, 0.29) is 28.6 Å². The molecule has 0 aliphatic heterocycles. The van der Waals surface area contributed by atoms with Crippen LogP contribution in [0.4, 0.5) is 21.7 Å². The molecule has 0 saturated heterocycles. The van der Waals surface area contributed by atoms with E-state index in [0.717, 1.165) is 0 Å². The highest BCUT2D eigenvalue weighted by atomic mass is 19.1. The fourth-order valence-electron chi connectivity index (χ4n) is 3.83. The monoisotopic (exact) mass is 463 g/mol. The van der Waals surface area contributed by atoms with Crippen LogP contribution in [0.2, 0.25) is 0 Å². The molecular formula is C23H22FN7O3. The van der Waals surface area contributed by atoms with Crippen molar-refractivity contribution in [3.63, 3.8) is 0 Å². The van der Waals surface area contributed by atoms with Crippen LogP contribution in [0, 0.1) is 5.82 Å². The topological polar surface area (TPSA) is 126 Å². The number of halogens is 1. The SMILES string of the molecule is CNc1cc(Nc2cccn(-c3ccccc3F)c2=O)nc2c(C(=O)N[C@@H]3CC[C@H]3O)cnn12. The van der Waals surface area contributed by atoms with E-state index in [2.05, 4.69) is 26.0 Å². The highest BCUT2D eigenvalue weighted by Gasteiger charge is 2.31. The number of carbonyl (C=O) groups is 1. The number of fused-ring (bicyclic) bond motifs is 1. The van der Waals surface area contributed by atoms with Crippen LogP contribution in [-0.2, 0) is 0 Å². The van der Waals surface area contributed by atoms with Gasteiger partial charge in [-0.25, -0.2) is 9.37 Å². The third-order valence-corrected chi connectivity index (χ3v) is 5.85. The van der Waals surface area contributed by atoms with E-state index >= 15 is 0 Å². The quantitative estimate of drug-likeness (QED) is 0.345. The van der Waals surface area contributed by atoms with Gasteiger partial charge in [-0.15, -0.1) is 0 Å². The lowest BCUT2D eigenvalue weighted by molar-refractivity contribution is 0.0448. The molecule has 3 aromatic heterocycles. The van der Waals surface area contributed by atoms with Gasteiger partial charge in [0.05, 0.1) is 24.0 Å². The Morgan fingerprint density at radius 3 is 2.74 bits per heavy atom. The van der Waals surface area contributed by atoms with Gasteiger partial charge in [0.25, 0.3) is 11.5 Å². The summed E-state index contributed by atoms with van der Waals surface area (Å²) in [6.07, 6.45) is 3.68. The van der Waals surface area contributed by atoms with Crippen LogP contribution >= 0.6 is 0 Å². The summed E-state index contributed by atoms with van der Waals surface area (Å²) in [5, 5.41) is 22.8. The maximum Gasteiger partial charge on any atom is 0.278 e. The molecule has 1 saturated carbocycles. The molecule has 10 nitrogen and oxygen atoms in total. The summed E-state index contributed by atoms with van der Waals surface area (Å²) in [5.74, 6) is -0.101. The number of benzene rings is 1. The van der Waals surface area contributed by atoms with E-state index in [1.807, 2.05) is 0 Å². The highest BCUT2D eigenvalue weighted by molar-refractivity contribution is 6.00. The number of anilines is 3. The van der Waals surface area contributed by atoms with Gasteiger partial charge in [-0.3, -0.25) is 14.2 Å². The van der Waals surface area contributed by atoms with Crippen molar-refractivity contribution in [1.29, 1.82) is 0 Å². The zero-order chi connectivity index (χ0) is 23.8. The van der Waals surface area contributed by atoms with E-state index in [0.29, 0.717) is 24.5 Å². The molecule has 4 aromatic rings. The first-order valence-corrected chi connectivity index (χ1v) is 10.8. The smallest absolute Gasteiger partial charge is 0.278 e. The summed E-state index contributed by atoms with van der Waals surface area (Å²) < 4.78 is 16.9. The fourth-order valence-corrected chi connectivity index (χ4v) is 3.83. The second kappa shape index (κ2) is 8.60. The van der Waals surface area contributed by atoms with Crippen molar-refractivity contribution in [2.24, 2.45) is 0 Å². The number of amides is 1. The summed E-state index contributed by atoms with van der Waals surface area (Å²) in [4.78, 5) is 30.3. The summed E-state index contributed by atoms with van der Waals surface area (Å²) >= 11 is 0. The van der Waals surface area contributed by atoms with Gasteiger partial charge in [-0.05, 0) is 37.1 Å². The molecule has 0 radical (unpaired) electrons. The minimum absolute atomic E-state index is 0.128. The number of nitrogens with one attached hydrogen (secondary N) is 3. The van der Waals surface area contributed by atoms with Gasteiger partial charge >= 0.3 is 0 Å². The Labute approximate surface area is 193 Å². The van der Waals surface area contributed by atoms with Crippen LogP contribution in [0.1, 0.15) is 23.2 Å².